The molecule has 1 fully saturated rings. The van der Waals surface area contributed by atoms with Crippen LogP contribution in [0.4, 0.5) is 0 Å². The van der Waals surface area contributed by atoms with Crippen LogP contribution in [0.25, 0.3) is 0 Å². The summed E-state index contributed by atoms with van der Waals surface area (Å²) in [4.78, 5) is 12.5. The molecule has 2 heteroatoms. The number of amides is 1. The summed E-state index contributed by atoms with van der Waals surface area (Å²) in [7, 11) is 0. The van der Waals surface area contributed by atoms with Crippen molar-refractivity contribution in [3.8, 4) is 0 Å². The Kier molecular flexibility index (Phi) is 3.94. The molecule has 0 unspecified atom stereocenters. The van der Waals surface area contributed by atoms with E-state index in [9.17, 15) is 4.79 Å². The highest BCUT2D eigenvalue weighted by molar-refractivity contribution is 5.94. The summed E-state index contributed by atoms with van der Waals surface area (Å²) in [5, 5.41) is 3.25. The third-order valence-corrected chi connectivity index (χ3v) is 5.84. The van der Waals surface area contributed by atoms with Gasteiger partial charge < -0.3 is 5.32 Å². The molecule has 1 aromatic carbocycles. The molecule has 0 bridgehead atoms. The van der Waals surface area contributed by atoms with Crippen LogP contribution in [0.5, 0.6) is 0 Å². The van der Waals surface area contributed by atoms with E-state index < -0.39 is 0 Å². The zero-order valence-electron chi connectivity index (χ0n) is 14.4. The SMILES string of the molecule is CC(C)c1ccc(C(=O)NC2C(C)(C)C(C)C2(C)C)cc1. The zero-order chi connectivity index (χ0) is 16.0. The summed E-state index contributed by atoms with van der Waals surface area (Å²) in [5.74, 6) is 1.13. The Morgan fingerprint density at radius 1 is 1.05 bits per heavy atom. The highest BCUT2D eigenvalue weighted by atomic mass is 16.1. The van der Waals surface area contributed by atoms with Crippen LogP contribution in [0.2, 0.25) is 0 Å². The fourth-order valence-electron chi connectivity index (χ4n) is 3.93. The van der Waals surface area contributed by atoms with Crippen LogP contribution >= 0.6 is 0 Å². The Morgan fingerprint density at radius 2 is 1.52 bits per heavy atom. The molecule has 0 radical (unpaired) electrons. The van der Waals surface area contributed by atoms with Gasteiger partial charge in [0.1, 0.15) is 0 Å². The monoisotopic (exact) mass is 287 g/mol. The molecule has 21 heavy (non-hydrogen) atoms. The summed E-state index contributed by atoms with van der Waals surface area (Å²) in [5.41, 5.74) is 2.32. The maximum absolute atomic E-state index is 12.5. The number of hydrogen-bond acceptors (Lipinski definition) is 1. The summed E-state index contributed by atoms with van der Waals surface area (Å²) >= 11 is 0. The standard InChI is InChI=1S/C19H29NO/c1-12(2)14-8-10-15(11-9-14)16(21)20-17-18(4,5)13(3)19(17,6)7/h8-13,17H,1-7H3,(H,20,21). The minimum Gasteiger partial charge on any atom is -0.348 e. The van der Waals surface area contributed by atoms with Gasteiger partial charge in [0, 0.05) is 11.6 Å². The first-order chi connectivity index (χ1) is 9.58. The Balaban J connectivity index is 2.12. The van der Waals surface area contributed by atoms with Crippen molar-refractivity contribution in [1.82, 2.24) is 5.32 Å². The average molecular weight is 287 g/mol. The second kappa shape index (κ2) is 5.15. The van der Waals surface area contributed by atoms with Gasteiger partial charge >= 0.3 is 0 Å². The molecule has 0 spiro atoms. The second-order valence-corrected chi connectivity index (χ2v) is 8.05. The van der Waals surface area contributed by atoms with Gasteiger partial charge in [0.2, 0.25) is 0 Å². The van der Waals surface area contributed by atoms with Gasteiger partial charge in [-0.3, -0.25) is 4.79 Å². The molecule has 116 valence electrons. The lowest BCUT2D eigenvalue weighted by Gasteiger charge is -2.63. The molecule has 0 saturated heterocycles. The quantitative estimate of drug-likeness (QED) is 0.864. The average Bonchev–Trinajstić information content (AvgIpc) is 2.43. The largest absolute Gasteiger partial charge is 0.348 e. The van der Waals surface area contributed by atoms with E-state index >= 15 is 0 Å². The fourth-order valence-corrected chi connectivity index (χ4v) is 3.93. The van der Waals surface area contributed by atoms with Gasteiger partial charge in [0.25, 0.3) is 5.91 Å². The first-order valence-electron chi connectivity index (χ1n) is 7.99. The highest BCUT2D eigenvalue weighted by Gasteiger charge is 2.59. The number of rotatable bonds is 3. The molecule has 0 atom stereocenters. The highest BCUT2D eigenvalue weighted by Crippen LogP contribution is 2.58. The smallest absolute Gasteiger partial charge is 0.251 e. The van der Waals surface area contributed by atoms with Crippen LogP contribution in [0.15, 0.2) is 24.3 Å². The van der Waals surface area contributed by atoms with Gasteiger partial charge in [-0.25, -0.2) is 0 Å². The lowest BCUT2D eigenvalue weighted by molar-refractivity contribution is -0.110. The van der Waals surface area contributed by atoms with E-state index in [0.717, 1.165) is 5.56 Å². The van der Waals surface area contributed by atoms with Gasteiger partial charge in [0.05, 0.1) is 0 Å². The molecule has 1 aliphatic rings. The summed E-state index contributed by atoms with van der Waals surface area (Å²) in [6.07, 6.45) is 0. The van der Waals surface area contributed by atoms with Crippen molar-refractivity contribution in [2.75, 3.05) is 0 Å². The van der Waals surface area contributed by atoms with E-state index in [2.05, 4.69) is 65.9 Å². The molecular formula is C19H29NO. The lowest BCUT2D eigenvalue weighted by Crippen LogP contribution is -2.69. The minimum atomic E-state index is 0.0448. The molecule has 2 rings (SSSR count). The normalized spacial score (nSPS) is 26.3. The molecule has 1 aliphatic carbocycles. The summed E-state index contributed by atoms with van der Waals surface area (Å²) in [6, 6.07) is 8.20. The van der Waals surface area contributed by atoms with Gasteiger partial charge in [-0.1, -0.05) is 60.6 Å². The molecule has 1 amide bonds. The summed E-state index contributed by atoms with van der Waals surface area (Å²) < 4.78 is 0. The van der Waals surface area contributed by atoms with Crippen LogP contribution in [-0.2, 0) is 0 Å². The molecule has 0 aliphatic heterocycles. The Bertz CT molecular complexity index is 509. The Hall–Kier alpha value is -1.31. The third-order valence-electron chi connectivity index (χ3n) is 5.84. The maximum atomic E-state index is 12.5. The van der Waals surface area contributed by atoms with Crippen molar-refractivity contribution in [3.63, 3.8) is 0 Å². The first-order valence-corrected chi connectivity index (χ1v) is 7.99. The zero-order valence-corrected chi connectivity index (χ0v) is 14.4. The Morgan fingerprint density at radius 3 is 1.95 bits per heavy atom. The predicted molar refractivity (Wildman–Crippen MR) is 88.5 cm³/mol. The molecule has 2 nitrogen and oxygen atoms in total. The van der Waals surface area contributed by atoms with Crippen LogP contribution in [-0.4, -0.2) is 11.9 Å². The molecule has 0 aromatic heterocycles. The van der Waals surface area contributed by atoms with Crippen molar-refractivity contribution in [1.29, 1.82) is 0 Å². The number of carbonyl (C=O) groups excluding carboxylic acids is 1. The van der Waals surface area contributed by atoms with E-state index in [1.807, 2.05) is 12.1 Å². The first kappa shape index (κ1) is 16.1. The van der Waals surface area contributed by atoms with Gasteiger partial charge in [-0.15, -0.1) is 0 Å². The number of nitrogens with one attached hydrogen (secondary N) is 1. The van der Waals surface area contributed by atoms with Crippen LogP contribution < -0.4 is 5.32 Å². The fraction of sp³-hybridized carbons (Fsp3) is 0.632. The molecule has 0 heterocycles. The van der Waals surface area contributed by atoms with E-state index in [-0.39, 0.29) is 22.8 Å². The van der Waals surface area contributed by atoms with E-state index in [4.69, 9.17) is 0 Å². The molecule has 1 saturated carbocycles. The molecular weight excluding hydrogens is 258 g/mol. The van der Waals surface area contributed by atoms with Gasteiger partial charge in [-0.05, 0) is 40.4 Å². The number of benzene rings is 1. The number of hydrogen-bond donors (Lipinski definition) is 1. The molecule has 1 N–H and O–H groups in total. The third kappa shape index (κ3) is 2.61. The summed E-state index contributed by atoms with van der Waals surface area (Å²) in [6.45, 7) is 15.6. The van der Waals surface area contributed by atoms with Crippen molar-refractivity contribution in [3.05, 3.63) is 35.4 Å². The van der Waals surface area contributed by atoms with E-state index in [0.29, 0.717) is 11.8 Å². The Labute approximate surface area is 129 Å². The predicted octanol–water partition coefficient (Wildman–Crippen LogP) is 4.61. The van der Waals surface area contributed by atoms with Gasteiger partial charge in [-0.2, -0.15) is 0 Å². The van der Waals surface area contributed by atoms with E-state index in [1.165, 1.54) is 5.56 Å². The lowest BCUT2D eigenvalue weighted by atomic mass is 9.45. The number of carbonyl (C=O) groups is 1. The van der Waals surface area contributed by atoms with Crippen LogP contribution in [0.3, 0.4) is 0 Å². The minimum absolute atomic E-state index is 0.0448. The van der Waals surface area contributed by atoms with Crippen molar-refractivity contribution in [2.45, 2.75) is 60.4 Å². The van der Waals surface area contributed by atoms with Crippen molar-refractivity contribution >= 4 is 5.91 Å². The van der Waals surface area contributed by atoms with Crippen LogP contribution in [0.1, 0.15) is 70.3 Å². The van der Waals surface area contributed by atoms with Crippen molar-refractivity contribution < 1.29 is 4.79 Å². The van der Waals surface area contributed by atoms with E-state index in [1.54, 1.807) is 0 Å². The second-order valence-electron chi connectivity index (χ2n) is 8.05. The van der Waals surface area contributed by atoms with Crippen LogP contribution in [0, 0.1) is 16.7 Å². The topological polar surface area (TPSA) is 29.1 Å². The maximum Gasteiger partial charge on any atom is 0.251 e. The molecule has 1 aromatic rings. The van der Waals surface area contributed by atoms with Crippen molar-refractivity contribution in [2.24, 2.45) is 16.7 Å². The van der Waals surface area contributed by atoms with Gasteiger partial charge in [0.15, 0.2) is 0 Å².